The highest BCUT2D eigenvalue weighted by Gasteiger charge is 2.13. The van der Waals surface area contributed by atoms with Crippen LogP contribution in [0.15, 0.2) is 48.5 Å². The second kappa shape index (κ2) is 6.90. The van der Waals surface area contributed by atoms with E-state index in [2.05, 4.69) is 0 Å². The first-order chi connectivity index (χ1) is 10.1. The van der Waals surface area contributed by atoms with E-state index in [1.807, 2.05) is 30.3 Å². The van der Waals surface area contributed by atoms with E-state index in [0.29, 0.717) is 5.56 Å². The minimum atomic E-state index is -0.995. The Morgan fingerprint density at radius 1 is 1.05 bits per heavy atom. The summed E-state index contributed by atoms with van der Waals surface area (Å²) in [7, 11) is 0. The minimum Gasteiger partial charge on any atom is -0.481 e. The predicted molar refractivity (Wildman–Crippen MR) is 79.6 cm³/mol. The van der Waals surface area contributed by atoms with Gasteiger partial charge in [-0.1, -0.05) is 42.5 Å². The monoisotopic (exact) mass is 304 g/mol. The summed E-state index contributed by atoms with van der Waals surface area (Å²) in [5, 5.41) is 8.90. The average molecular weight is 305 g/mol. The van der Waals surface area contributed by atoms with Gasteiger partial charge >= 0.3 is 11.9 Å². The molecule has 1 N–H and O–H groups in total. The summed E-state index contributed by atoms with van der Waals surface area (Å²) in [6, 6.07) is 14.6. The van der Waals surface area contributed by atoms with Crippen LogP contribution >= 0.6 is 11.6 Å². The smallest absolute Gasteiger partial charge is 0.326 e. The molecule has 0 bridgehead atoms. The summed E-state index contributed by atoms with van der Waals surface area (Å²) in [4.78, 5) is 22.2. The lowest BCUT2D eigenvalue weighted by Gasteiger charge is -2.10. The molecule has 0 spiro atoms. The van der Waals surface area contributed by atoms with E-state index in [4.69, 9.17) is 21.4 Å². The second-order valence-corrected chi connectivity index (χ2v) is 4.63. The molecule has 0 saturated heterocycles. The van der Waals surface area contributed by atoms with Crippen LogP contribution in [0.1, 0.15) is 5.56 Å². The van der Waals surface area contributed by atoms with Crippen molar-refractivity contribution in [2.75, 3.05) is 5.88 Å². The molecule has 2 aromatic carbocycles. The number of benzene rings is 2. The van der Waals surface area contributed by atoms with Gasteiger partial charge in [0.25, 0.3) is 0 Å². The standard InChI is InChI=1S/C16H13ClO4/c17-10-16(20)21-14-8-12(11-4-2-1-3-5-11)6-7-13(14)9-15(18)19/h1-8H,9-10H2,(H,18,19). The third kappa shape index (κ3) is 4.07. The highest BCUT2D eigenvalue weighted by Crippen LogP contribution is 2.28. The molecule has 2 rings (SSSR count). The molecule has 0 aliphatic carbocycles. The van der Waals surface area contributed by atoms with E-state index < -0.39 is 11.9 Å². The molecular weight excluding hydrogens is 292 g/mol. The zero-order valence-electron chi connectivity index (χ0n) is 11.1. The van der Waals surface area contributed by atoms with E-state index in [1.54, 1.807) is 18.2 Å². The first-order valence-corrected chi connectivity index (χ1v) is 6.80. The van der Waals surface area contributed by atoms with E-state index in [9.17, 15) is 9.59 Å². The van der Waals surface area contributed by atoms with E-state index in [1.165, 1.54) is 0 Å². The Bertz CT molecular complexity index is 653. The van der Waals surface area contributed by atoms with Crippen LogP contribution in [0, 0.1) is 0 Å². The van der Waals surface area contributed by atoms with Crippen LogP contribution < -0.4 is 4.74 Å². The molecular formula is C16H13ClO4. The van der Waals surface area contributed by atoms with Gasteiger partial charge in [-0.05, 0) is 17.2 Å². The van der Waals surface area contributed by atoms with Gasteiger partial charge < -0.3 is 9.84 Å². The van der Waals surface area contributed by atoms with Gasteiger partial charge in [-0.15, -0.1) is 11.6 Å². The third-order valence-corrected chi connectivity index (χ3v) is 3.07. The summed E-state index contributed by atoms with van der Waals surface area (Å²) in [5.41, 5.74) is 2.21. The van der Waals surface area contributed by atoms with Gasteiger partial charge in [-0.2, -0.15) is 0 Å². The van der Waals surface area contributed by atoms with Crippen molar-refractivity contribution in [1.29, 1.82) is 0 Å². The SMILES string of the molecule is O=C(O)Cc1ccc(-c2ccccc2)cc1OC(=O)CCl. The fraction of sp³-hybridized carbons (Fsp3) is 0.125. The Kier molecular flexibility index (Phi) is 4.95. The van der Waals surface area contributed by atoms with E-state index >= 15 is 0 Å². The maximum Gasteiger partial charge on any atom is 0.326 e. The molecule has 0 aromatic heterocycles. The molecule has 0 saturated carbocycles. The van der Waals surface area contributed by atoms with Gasteiger partial charge in [-0.3, -0.25) is 9.59 Å². The molecule has 0 fully saturated rings. The molecule has 0 aliphatic heterocycles. The predicted octanol–water partition coefficient (Wildman–Crippen LogP) is 3.12. The Balaban J connectivity index is 2.40. The summed E-state index contributed by atoms with van der Waals surface area (Å²) >= 11 is 5.43. The number of esters is 1. The Morgan fingerprint density at radius 2 is 1.76 bits per heavy atom. The van der Waals surface area contributed by atoms with Crippen LogP contribution in [0.5, 0.6) is 5.75 Å². The Hall–Kier alpha value is -2.33. The van der Waals surface area contributed by atoms with Gasteiger partial charge in [0.2, 0.25) is 0 Å². The molecule has 5 heteroatoms. The maximum atomic E-state index is 11.4. The maximum absolute atomic E-state index is 11.4. The number of hydrogen-bond donors (Lipinski definition) is 1. The summed E-state index contributed by atoms with van der Waals surface area (Å²) in [6.07, 6.45) is -0.222. The molecule has 4 nitrogen and oxygen atoms in total. The number of carbonyl (C=O) groups is 2. The number of alkyl halides is 1. The molecule has 108 valence electrons. The summed E-state index contributed by atoms with van der Waals surface area (Å²) < 4.78 is 5.12. The van der Waals surface area contributed by atoms with Crippen LogP contribution in [-0.2, 0) is 16.0 Å². The molecule has 0 amide bonds. The van der Waals surface area contributed by atoms with E-state index in [0.717, 1.165) is 11.1 Å². The van der Waals surface area contributed by atoms with Crippen molar-refractivity contribution in [2.45, 2.75) is 6.42 Å². The lowest BCUT2D eigenvalue weighted by atomic mass is 10.0. The van der Waals surface area contributed by atoms with Crippen molar-refractivity contribution in [3.05, 3.63) is 54.1 Å². The number of rotatable bonds is 5. The third-order valence-electron chi connectivity index (χ3n) is 2.85. The van der Waals surface area contributed by atoms with Gasteiger partial charge in [0.15, 0.2) is 0 Å². The molecule has 0 aliphatic rings. The number of hydrogen-bond acceptors (Lipinski definition) is 3. The number of carboxylic acids is 1. The van der Waals surface area contributed by atoms with Crippen LogP contribution in [-0.4, -0.2) is 22.9 Å². The van der Waals surface area contributed by atoms with Crippen molar-refractivity contribution in [3.63, 3.8) is 0 Å². The van der Waals surface area contributed by atoms with Crippen molar-refractivity contribution < 1.29 is 19.4 Å². The van der Waals surface area contributed by atoms with Crippen LogP contribution in [0.2, 0.25) is 0 Å². The zero-order chi connectivity index (χ0) is 15.2. The zero-order valence-corrected chi connectivity index (χ0v) is 11.8. The number of ether oxygens (including phenoxy) is 1. The van der Waals surface area contributed by atoms with Crippen molar-refractivity contribution in [1.82, 2.24) is 0 Å². The highest BCUT2D eigenvalue weighted by molar-refractivity contribution is 6.26. The lowest BCUT2D eigenvalue weighted by Crippen LogP contribution is -2.12. The summed E-state index contributed by atoms with van der Waals surface area (Å²) in [6.45, 7) is 0. The molecule has 0 atom stereocenters. The van der Waals surface area contributed by atoms with Gasteiger partial charge in [0.05, 0.1) is 6.42 Å². The fourth-order valence-corrected chi connectivity index (χ4v) is 1.97. The highest BCUT2D eigenvalue weighted by atomic mass is 35.5. The summed E-state index contributed by atoms with van der Waals surface area (Å²) in [5.74, 6) is -1.68. The van der Waals surface area contributed by atoms with Crippen molar-refractivity contribution in [2.24, 2.45) is 0 Å². The Morgan fingerprint density at radius 3 is 2.38 bits per heavy atom. The second-order valence-electron chi connectivity index (χ2n) is 4.37. The lowest BCUT2D eigenvalue weighted by molar-refractivity contribution is -0.136. The van der Waals surface area contributed by atoms with Crippen LogP contribution in [0.25, 0.3) is 11.1 Å². The van der Waals surface area contributed by atoms with Gasteiger partial charge in [0.1, 0.15) is 11.6 Å². The number of carbonyl (C=O) groups excluding carboxylic acids is 1. The van der Waals surface area contributed by atoms with E-state index in [-0.39, 0.29) is 18.1 Å². The normalized spacial score (nSPS) is 10.1. The molecule has 21 heavy (non-hydrogen) atoms. The topological polar surface area (TPSA) is 63.6 Å². The van der Waals surface area contributed by atoms with Crippen LogP contribution in [0.4, 0.5) is 0 Å². The fourth-order valence-electron chi connectivity index (χ4n) is 1.92. The number of halogens is 1. The largest absolute Gasteiger partial charge is 0.481 e. The van der Waals surface area contributed by atoms with Crippen LogP contribution in [0.3, 0.4) is 0 Å². The quantitative estimate of drug-likeness (QED) is 0.524. The Labute approximate surface area is 126 Å². The minimum absolute atomic E-state index is 0.222. The first-order valence-electron chi connectivity index (χ1n) is 6.27. The van der Waals surface area contributed by atoms with Gasteiger partial charge in [0, 0.05) is 5.56 Å². The molecule has 0 unspecified atom stereocenters. The molecule has 0 radical (unpaired) electrons. The molecule has 0 heterocycles. The number of aliphatic carboxylic acids is 1. The average Bonchev–Trinajstić information content (AvgIpc) is 2.49. The van der Waals surface area contributed by atoms with Gasteiger partial charge in [-0.25, -0.2) is 0 Å². The molecule has 2 aromatic rings. The first kappa shape index (κ1) is 15.1. The number of carboxylic acid groups (broad SMARTS) is 1. The van der Waals surface area contributed by atoms with Crippen molar-refractivity contribution in [3.8, 4) is 16.9 Å². The van der Waals surface area contributed by atoms with Crippen molar-refractivity contribution >= 4 is 23.5 Å².